The van der Waals surface area contributed by atoms with Gasteiger partial charge in [0.1, 0.15) is 5.75 Å². The van der Waals surface area contributed by atoms with E-state index in [1.807, 2.05) is 12.1 Å². The molecule has 0 atom stereocenters. The van der Waals surface area contributed by atoms with Crippen molar-refractivity contribution in [2.75, 3.05) is 6.61 Å². The van der Waals surface area contributed by atoms with Gasteiger partial charge in [-0.3, -0.25) is 0 Å². The molecule has 1 aromatic rings. The summed E-state index contributed by atoms with van der Waals surface area (Å²) in [5.74, 6) is 0.839. The summed E-state index contributed by atoms with van der Waals surface area (Å²) in [4.78, 5) is 13.6. The van der Waals surface area contributed by atoms with E-state index >= 15 is 0 Å². The Morgan fingerprint density at radius 3 is 3.25 bits per heavy atom. The van der Waals surface area contributed by atoms with Gasteiger partial charge in [-0.2, -0.15) is 4.99 Å². The second kappa shape index (κ2) is 2.80. The third-order valence-corrected chi connectivity index (χ3v) is 1.88. The van der Waals surface area contributed by atoms with E-state index in [0.717, 1.165) is 17.7 Å². The minimum atomic E-state index is 0.681. The molecule has 60 valence electrons. The predicted molar refractivity (Wildman–Crippen MR) is 43.4 cm³/mol. The molecule has 0 aliphatic carbocycles. The highest BCUT2D eigenvalue weighted by Gasteiger charge is 2.14. The summed E-state index contributed by atoms with van der Waals surface area (Å²) in [7, 11) is 0. The third kappa shape index (κ3) is 1.00. The first kappa shape index (κ1) is 7.07. The summed E-state index contributed by atoms with van der Waals surface area (Å²) in [5, 5.41) is 0. The van der Waals surface area contributed by atoms with Crippen LogP contribution in [-0.2, 0) is 11.2 Å². The molecule has 3 heteroatoms. The molecule has 1 aliphatic rings. The molecule has 1 heterocycles. The van der Waals surface area contributed by atoms with Gasteiger partial charge in [0.15, 0.2) is 0 Å². The number of carbonyl (C=O) groups excluding carboxylic acids is 1. The first-order valence-electron chi connectivity index (χ1n) is 3.74. The van der Waals surface area contributed by atoms with Crippen molar-refractivity contribution in [1.29, 1.82) is 0 Å². The smallest absolute Gasteiger partial charge is 0.240 e. The lowest BCUT2D eigenvalue weighted by Gasteiger charge is -1.98. The van der Waals surface area contributed by atoms with Crippen molar-refractivity contribution in [3.05, 3.63) is 23.8 Å². The molecule has 0 saturated heterocycles. The average Bonchev–Trinajstić information content (AvgIpc) is 2.53. The highest BCUT2D eigenvalue weighted by molar-refractivity contribution is 5.59. The van der Waals surface area contributed by atoms with Crippen LogP contribution in [0.4, 0.5) is 5.69 Å². The van der Waals surface area contributed by atoms with Gasteiger partial charge in [0.05, 0.1) is 12.3 Å². The van der Waals surface area contributed by atoms with Crippen molar-refractivity contribution in [2.24, 2.45) is 4.99 Å². The Balaban J connectivity index is 2.56. The van der Waals surface area contributed by atoms with Crippen molar-refractivity contribution >= 4 is 11.8 Å². The number of hydrogen-bond donors (Lipinski definition) is 0. The van der Waals surface area contributed by atoms with E-state index in [-0.39, 0.29) is 0 Å². The maximum absolute atomic E-state index is 10.0. The lowest BCUT2D eigenvalue weighted by atomic mass is 10.1. The zero-order valence-corrected chi connectivity index (χ0v) is 6.41. The van der Waals surface area contributed by atoms with Crippen molar-refractivity contribution in [3.63, 3.8) is 0 Å². The van der Waals surface area contributed by atoms with Gasteiger partial charge in [-0.15, -0.1) is 0 Å². The highest BCUT2D eigenvalue weighted by Crippen LogP contribution is 2.32. The SMILES string of the molecule is O=C=Nc1cccc2c1CCO2. The van der Waals surface area contributed by atoms with Crippen molar-refractivity contribution in [1.82, 2.24) is 0 Å². The average molecular weight is 161 g/mol. The number of isocyanates is 1. The molecule has 0 amide bonds. The highest BCUT2D eigenvalue weighted by atomic mass is 16.5. The van der Waals surface area contributed by atoms with Crippen LogP contribution in [0.5, 0.6) is 5.75 Å². The Morgan fingerprint density at radius 2 is 2.42 bits per heavy atom. The van der Waals surface area contributed by atoms with E-state index in [1.165, 1.54) is 6.08 Å². The van der Waals surface area contributed by atoms with Crippen LogP contribution in [0.2, 0.25) is 0 Å². The number of ether oxygens (including phenoxy) is 1. The monoisotopic (exact) mass is 161 g/mol. The molecule has 0 unspecified atom stereocenters. The number of benzene rings is 1. The predicted octanol–water partition coefficient (Wildman–Crippen LogP) is 1.59. The van der Waals surface area contributed by atoms with Crippen LogP contribution in [-0.4, -0.2) is 12.7 Å². The van der Waals surface area contributed by atoms with Crippen molar-refractivity contribution in [2.45, 2.75) is 6.42 Å². The Labute approximate surface area is 69.7 Å². The zero-order valence-electron chi connectivity index (χ0n) is 6.41. The molecular weight excluding hydrogens is 154 g/mol. The van der Waals surface area contributed by atoms with Gasteiger partial charge in [0, 0.05) is 12.0 Å². The van der Waals surface area contributed by atoms with Gasteiger partial charge in [0.2, 0.25) is 6.08 Å². The summed E-state index contributed by atoms with van der Waals surface area (Å²) >= 11 is 0. The molecule has 3 nitrogen and oxygen atoms in total. The molecule has 1 aromatic carbocycles. The fourth-order valence-electron chi connectivity index (χ4n) is 1.36. The van der Waals surface area contributed by atoms with Crippen LogP contribution in [0, 0.1) is 0 Å². The molecule has 12 heavy (non-hydrogen) atoms. The van der Waals surface area contributed by atoms with Crippen LogP contribution < -0.4 is 4.74 Å². The van der Waals surface area contributed by atoms with E-state index in [1.54, 1.807) is 6.07 Å². The lowest BCUT2D eigenvalue weighted by molar-refractivity contribution is 0.357. The fourth-order valence-corrected chi connectivity index (χ4v) is 1.36. The van der Waals surface area contributed by atoms with Crippen molar-refractivity contribution < 1.29 is 9.53 Å². The second-order valence-electron chi connectivity index (χ2n) is 2.56. The summed E-state index contributed by atoms with van der Waals surface area (Å²) in [5.41, 5.74) is 1.70. The molecule has 0 bridgehead atoms. The van der Waals surface area contributed by atoms with E-state index in [4.69, 9.17) is 4.74 Å². The van der Waals surface area contributed by atoms with E-state index in [9.17, 15) is 4.79 Å². The second-order valence-corrected chi connectivity index (χ2v) is 2.56. The molecule has 1 aliphatic heterocycles. The Kier molecular flexibility index (Phi) is 1.65. The first-order chi connectivity index (χ1) is 5.92. The maximum atomic E-state index is 10.0. The Bertz CT molecular complexity index is 354. The standard InChI is InChI=1S/C9H7NO2/c11-6-10-8-2-1-3-9-7(8)4-5-12-9/h1-3H,4-5H2. The molecule has 0 aromatic heterocycles. The van der Waals surface area contributed by atoms with Crippen LogP contribution in [0.25, 0.3) is 0 Å². The van der Waals surface area contributed by atoms with E-state index in [2.05, 4.69) is 4.99 Å². The minimum Gasteiger partial charge on any atom is -0.493 e. The molecule has 0 N–H and O–H groups in total. The number of rotatable bonds is 1. The topological polar surface area (TPSA) is 38.7 Å². The number of fused-ring (bicyclic) bond motifs is 1. The van der Waals surface area contributed by atoms with Gasteiger partial charge in [0.25, 0.3) is 0 Å². The number of aliphatic imine (C=N–C) groups is 1. The normalized spacial score (nSPS) is 13.0. The molecule has 2 rings (SSSR count). The zero-order chi connectivity index (χ0) is 8.39. The van der Waals surface area contributed by atoms with Crippen LogP contribution in [0.15, 0.2) is 23.2 Å². The summed E-state index contributed by atoms with van der Waals surface area (Å²) in [6.45, 7) is 0.681. The summed E-state index contributed by atoms with van der Waals surface area (Å²) < 4.78 is 5.30. The molecule has 0 spiro atoms. The lowest BCUT2D eigenvalue weighted by Crippen LogP contribution is -1.85. The number of hydrogen-bond acceptors (Lipinski definition) is 3. The van der Waals surface area contributed by atoms with Gasteiger partial charge in [-0.1, -0.05) is 6.07 Å². The molecule has 0 saturated carbocycles. The van der Waals surface area contributed by atoms with E-state index in [0.29, 0.717) is 12.3 Å². The fraction of sp³-hybridized carbons (Fsp3) is 0.222. The quantitative estimate of drug-likeness (QED) is 0.463. The molecular formula is C9H7NO2. The van der Waals surface area contributed by atoms with Crippen LogP contribution >= 0.6 is 0 Å². The summed E-state index contributed by atoms with van der Waals surface area (Å²) in [6.07, 6.45) is 2.36. The first-order valence-corrected chi connectivity index (χ1v) is 3.74. The molecule has 0 radical (unpaired) electrons. The van der Waals surface area contributed by atoms with Crippen LogP contribution in [0.1, 0.15) is 5.56 Å². The van der Waals surface area contributed by atoms with Gasteiger partial charge in [-0.25, -0.2) is 4.79 Å². The summed E-state index contributed by atoms with van der Waals surface area (Å²) in [6, 6.07) is 5.49. The Hall–Kier alpha value is -1.60. The van der Waals surface area contributed by atoms with E-state index < -0.39 is 0 Å². The Morgan fingerprint density at radius 1 is 1.50 bits per heavy atom. The maximum Gasteiger partial charge on any atom is 0.240 e. The minimum absolute atomic E-state index is 0.681. The molecule has 0 fully saturated rings. The number of nitrogens with zero attached hydrogens (tertiary/aromatic N) is 1. The van der Waals surface area contributed by atoms with Gasteiger partial charge >= 0.3 is 0 Å². The van der Waals surface area contributed by atoms with Gasteiger partial charge in [-0.05, 0) is 12.1 Å². The largest absolute Gasteiger partial charge is 0.493 e. The van der Waals surface area contributed by atoms with Crippen molar-refractivity contribution in [3.8, 4) is 5.75 Å². The third-order valence-electron chi connectivity index (χ3n) is 1.88. The van der Waals surface area contributed by atoms with Gasteiger partial charge < -0.3 is 4.74 Å². The van der Waals surface area contributed by atoms with Crippen LogP contribution in [0.3, 0.4) is 0 Å².